The summed E-state index contributed by atoms with van der Waals surface area (Å²) in [5.41, 5.74) is 2.57. The first kappa shape index (κ1) is 20.5. The van der Waals surface area contributed by atoms with Gasteiger partial charge < -0.3 is 5.32 Å². The summed E-state index contributed by atoms with van der Waals surface area (Å²) in [6, 6.07) is 15.3. The van der Waals surface area contributed by atoms with Crippen LogP contribution in [0.5, 0.6) is 0 Å². The first-order chi connectivity index (χ1) is 12.8. The van der Waals surface area contributed by atoms with Gasteiger partial charge in [0.1, 0.15) is 5.82 Å². The molecule has 0 aliphatic carbocycles. The highest BCUT2D eigenvalue weighted by atomic mass is 15.0. The second-order valence-electron chi connectivity index (χ2n) is 7.39. The summed E-state index contributed by atoms with van der Waals surface area (Å²) < 4.78 is 0. The Labute approximate surface area is 160 Å². The van der Waals surface area contributed by atoms with Crippen molar-refractivity contribution in [2.45, 2.75) is 84.1 Å². The molecule has 0 spiro atoms. The van der Waals surface area contributed by atoms with Crippen molar-refractivity contribution in [3.05, 3.63) is 59.8 Å². The molecule has 0 fully saturated rings. The maximum Gasteiger partial charge on any atom is 0.129 e. The van der Waals surface area contributed by atoms with Gasteiger partial charge >= 0.3 is 0 Å². The molecule has 0 aliphatic rings. The second-order valence-corrected chi connectivity index (χ2v) is 7.39. The van der Waals surface area contributed by atoms with Crippen LogP contribution in [-0.4, -0.2) is 4.98 Å². The van der Waals surface area contributed by atoms with Crippen molar-refractivity contribution in [1.82, 2.24) is 4.98 Å². The summed E-state index contributed by atoms with van der Waals surface area (Å²) >= 11 is 0. The Morgan fingerprint density at radius 1 is 0.808 bits per heavy atom. The van der Waals surface area contributed by atoms with Gasteiger partial charge in [0.25, 0.3) is 0 Å². The molecule has 1 unspecified atom stereocenters. The van der Waals surface area contributed by atoms with E-state index in [-0.39, 0.29) is 0 Å². The third kappa shape index (κ3) is 7.59. The predicted octanol–water partition coefficient (Wildman–Crippen LogP) is 7.46. The van der Waals surface area contributed by atoms with E-state index in [4.69, 9.17) is 0 Å². The molecule has 2 heteroatoms. The van der Waals surface area contributed by atoms with Crippen molar-refractivity contribution in [2.24, 2.45) is 0 Å². The van der Waals surface area contributed by atoms with Gasteiger partial charge in [-0.05, 0) is 30.5 Å². The van der Waals surface area contributed by atoms with Gasteiger partial charge in [0.2, 0.25) is 0 Å². The Morgan fingerprint density at radius 3 is 2.12 bits per heavy atom. The molecule has 1 atom stereocenters. The Hall–Kier alpha value is -1.83. The predicted molar refractivity (Wildman–Crippen MR) is 114 cm³/mol. The third-order valence-electron chi connectivity index (χ3n) is 5.12. The number of aryl methyl sites for hydroxylation is 1. The third-order valence-corrected chi connectivity index (χ3v) is 5.12. The zero-order valence-electron chi connectivity index (χ0n) is 16.7. The summed E-state index contributed by atoms with van der Waals surface area (Å²) in [4.78, 5) is 4.53. The molecule has 0 aliphatic heterocycles. The lowest BCUT2D eigenvalue weighted by Gasteiger charge is -2.21. The molecule has 1 aromatic carbocycles. The van der Waals surface area contributed by atoms with E-state index in [1.165, 1.54) is 68.9 Å². The minimum atomic E-state index is 0.342. The van der Waals surface area contributed by atoms with Crippen molar-refractivity contribution in [1.29, 1.82) is 0 Å². The lowest BCUT2D eigenvalue weighted by Crippen LogP contribution is -2.12. The number of anilines is 1. The van der Waals surface area contributed by atoms with E-state index in [1.807, 2.05) is 12.3 Å². The zero-order chi connectivity index (χ0) is 18.5. The fourth-order valence-electron chi connectivity index (χ4n) is 3.47. The van der Waals surface area contributed by atoms with E-state index < -0.39 is 0 Å². The highest BCUT2D eigenvalue weighted by Gasteiger charge is 2.12. The van der Waals surface area contributed by atoms with Crippen LogP contribution in [0, 0.1) is 6.92 Å². The first-order valence-corrected chi connectivity index (χ1v) is 10.5. The fourth-order valence-corrected chi connectivity index (χ4v) is 3.47. The largest absolute Gasteiger partial charge is 0.363 e. The zero-order valence-corrected chi connectivity index (χ0v) is 16.7. The lowest BCUT2D eigenvalue weighted by molar-refractivity contribution is 0.541. The summed E-state index contributed by atoms with van der Waals surface area (Å²) in [5.74, 6) is 1.01. The molecule has 2 aromatic rings. The molecule has 142 valence electrons. The van der Waals surface area contributed by atoms with Crippen LogP contribution < -0.4 is 5.32 Å². The van der Waals surface area contributed by atoms with Crippen molar-refractivity contribution in [3.63, 3.8) is 0 Å². The van der Waals surface area contributed by atoms with Gasteiger partial charge in [-0.15, -0.1) is 0 Å². The lowest BCUT2D eigenvalue weighted by atomic mass is 9.99. The van der Waals surface area contributed by atoms with Crippen molar-refractivity contribution < 1.29 is 0 Å². The Kier molecular flexibility index (Phi) is 9.86. The molecular weight excluding hydrogens is 316 g/mol. The molecule has 0 saturated carbocycles. The quantitative estimate of drug-likeness (QED) is 0.378. The second kappa shape index (κ2) is 12.5. The molecular formula is C24H36N2. The maximum atomic E-state index is 4.53. The number of nitrogens with one attached hydrogen (secondary N) is 1. The smallest absolute Gasteiger partial charge is 0.129 e. The molecule has 1 N–H and O–H groups in total. The number of unbranched alkanes of at least 4 members (excludes halogenated alkanes) is 8. The fraction of sp³-hybridized carbons (Fsp3) is 0.542. The van der Waals surface area contributed by atoms with Gasteiger partial charge in [-0.1, -0.05) is 101 Å². The van der Waals surface area contributed by atoms with Gasteiger partial charge in [0.15, 0.2) is 0 Å². The molecule has 0 radical (unpaired) electrons. The Bertz CT molecular complexity index is 594. The van der Waals surface area contributed by atoms with Crippen LogP contribution in [-0.2, 0) is 0 Å². The van der Waals surface area contributed by atoms with Crippen LogP contribution in [0.1, 0.15) is 88.3 Å². The van der Waals surface area contributed by atoms with Crippen LogP contribution in [0.4, 0.5) is 5.82 Å². The molecule has 0 bridgehead atoms. The van der Waals surface area contributed by atoms with E-state index >= 15 is 0 Å². The number of hydrogen-bond acceptors (Lipinski definition) is 2. The summed E-state index contributed by atoms with van der Waals surface area (Å²) in [5, 5.41) is 3.68. The monoisotopic (exact) mass is 352 g/mol. The van der Waals surface area contributed by atoms with Gasteiger partial charge in [-0.3, -0.25) is 0 Å². The van der Waals surface area contributed by atoms with Crippen molar-refractivity contribution in [2.75, 3.05) is 5.32 Å². The van der Waals surface area contributed by atoms with E-state index in [9.17, 15) is 0 Å². The number of pyridine rings is 1. The number of rotatable bonds is 13. The number of aromatic nitrogens is 1. The van der Waals surface area contributed by atoms with E-state index in [2.05, 4.69) is 60.5 Å². The molecule has 2 rings (SSSR count). The molecule has 1 aromatic heterocycles. The Morgan fingerprint density at radius 2 is 1.46 bits per heavy atom. The average molecular weight is 353 g/mol. The van der Waals surface area contributed by atoms with Gasteiger partial charge in [-0.2, -0.15) is 0 Å². The van der Waals surface area contributed by atoms with Crippen LogP contribution in [0.15, 0.2) is 48.7 Å². The normalized spacial score (nSPS) is 12.1. The maximum absolute atomic E-state index is 4.53. The molecule has 26 heavy (non-hydrogen) atoms. The van der Waals surface area contributed by atoms with Crippen molar-refractivity contribution >= 4 is 5.82 Å². The Balaban J connectivity index is 1.77. The SMILES string of the molecule is CCCCCCCCCCCC(Nc1ncccc1C)c1ccccc1. The number of benzene rings is 1. The summed E-state index contributed by atoms with van der Waals surface area (Å²) in [6.45, 7) is 4.40. The number of nitrogens with zero attached hydrogens (tertiary/aromatic N) is 1. The first-order valence-electron chi connectivity index (χ1n) is 10.5. The minimum Gasteiger partial charge on any atom is -0.363 e. The molecule has 2 nitrogen and oxygen atoms in total. The van der Waals surface area contributed by atoms with Crippen LogP contribution >= 0.6 is 0 Å². The van der Waals surface area contributed by atoms with E-state index in [1.54, 1.807) is 0 Å². The molecule has 0 saturated heterocycles. The summed E-state index contributed by atoms with van der Waals surface area (Å²) in [6.07, 6.45) is 15.4. The summed E-state index contributed by atoms with van der Waals surface area (Å²) in [7, 11) is 0. The van der Waals surface area contributed by atoms with Gasteiger partial charge in [0.05, 0.1) is 6.04 Å². The highest BCUT2D eigenvalue weighted by molar-refractivity contribution is 5.45. The topological polar surface area (TPSA) is 24.9 Å². The molecule has 1 heterocycles. The van der Waals surface area contributed by atoms with E-state index in [0.29, 0.717) is 6.04 Å². The number of hydrogen-bond donors (Lipinski definition) is 1. The average Bonchev–Trinajstić information content (AvgIpc) is 2.68. The minimum absolute atomic E-state index is 0.342. The molecule has 0 amide bonds. The van der Waals surface area contributed by atoms with Crippen LogP contribution in [0.25, 0.3) is 0 Å². The van der Waals surface area contributed by atoms with Crippen LogP contribution in [0.2, 0.25) is 0 Å². The standard InChI is InChI=1S/C24H36N2/c1-3-4-5-6-7-8-9-10-14-19-23(22-17-12-11-13-18-22)26-24-21(2)16-15-20-25-24/h11-13,15-18,20,23H,3-10,14,19H2,1-2H3,(H,25,26). The van der Waals surface area contributed by atoms with Gasteiger partial charge in [0, 0.05) is 6.20 Å². The van der Waals surface area contributed by atoms with Crippen molar-refractivity contribution in [3.8, 4) is 0 Å². The highest BCUT2D eigenvalue weighted by Crippen LogP contribution is 2.25. The van der Waals surface area contributed by atoms with E-state index in [0.717, 1.165) is 12.2 Å². The van der Waals surface area contributed by atoms with Gasteiger partial charge in [-0.25, -0.2) is 4.98 Å². The van der Waals surface area contributed by atoms with Crippen LogP contribution in [0.3, 0.4) is 0 Å².